The molecular formula is C23H19F4N5O. The molecule has 0 radical (unpaired) electrons. The summed E-state index contributed by atoms with van der Waals surface area (Å²) < 4.78 is 62.6. The van der Waals surface area contributed by atoms with Crippen molar-refractivity contribution >= 4 is 28.2 Å². The summed E-state index contributed by atoms with van der Waals surface area (Å²) in [4.78, 5) is 5.45. The van der Waals surface area contributed by atoms with Gasteiger partial charge in [-0.2, -0.15) is 4.98 Å². The Kier molecular flexibility index (Phi) is 5.91. The number of hydrogen-bond donors (Lipinski definition) is 0. The highest BCUT2D eigenvalue weighted by atomic mass is 19.3. The number of halogens is 4. The van der Waals surface area contributed by atoms with Crippen molar-refractivity contribution < 1.29 is 22.3 Å². The molecule has 0 spiro atoms. The van der Waals surface area contributed by atoms with Gasteiger partial charge >= 0.3 is 0 Å². The molecule has 0 saturated heterocycles. The number of fused-ring (bicyclic) bond motifs is 3. The number of nitrogens with zero attached hydrogens (tertiary/aromatic N) is 5. The van der Waals surface area contributed by atoms with Crippen LogP contribution in [0.25, 0.3) is 16.7 Å². The molecule has 6 nitrogen and oxygen atoms in total. The lowest BCUT2D eigenvalue weighted by molar-refractivity contribution is 0.0741. The minimum Gasteiger partial charge on any atom is -0.366 e. The number of anilines is 2. The summed E-state index contributed by atoms with van der Waals surface area (Å²) in [6.07, 6.45) is -1.41. The highest BCUT2D eigenvalue weighted by molar-refractivity contribution is 5.93. The molecule has 0 aliphatic rings. The van der Waals surface area contributed by atoms with Gasteiger partial charge in [0, 0.05) is 23.7 Å². The number of ether oxygens (including phenoxy) is 1. The lowest BCUT2D eigenvalue weighted by atomic mass is 10.1. The Morgan fingerprint density at radius 3 is 2.64 bits per heavy atom. The number of benzene rings is 2. The smallest absolute Gasteiger partial charge is 0.257 e. The average Bonchev–Trinajstić information content (AvgIpc) is 3.24. The van der Waals surface area contributed by atoms with Crippen molar-refractivity contribution in [2.45, 2.75) is 25.9 Å². The maximum Gasteiger partial charge on any atom is 0.257 e. The topological polar surface area (TPSA) is 55.5 Å². The standard InChI is InChI=1S/C23H19F4N5O/c1-23(2,33-3)7-6-14-8-16(25)10-17(9-14)31(12-20(26)27)21-18-11-15(24)4-5-19(18)32-13-28-30-22(32)29-21/h4-5,8-11,13,20H,12H2,1-3H3. The van der Waals surface area contributed by atoms with Gasteiger partial charge in [0.2, 0.25) is 0 Å². The molecular weight excluding hydrogens is 438 g/mol. The fraction of sp³-hybridized carbons (Fsp3) is 0.261. The number of methoxy groups -OCH3 is 1. The number of hydrogen-bond acceptors (Lipinski definition) is 5. The highest BCUT2D eigenvalue weighted by Gasteiger charge is 2.22. The average molecular weight is 457 g/mol. The van der Waals surface area contributed by atoms with Gasteiger partial charge in [-0.1, -0.05) is 11.8 Å². The van der Waals surface area contributed by atoms with Crippen molar-refractivity contribution in [3.8, 4) is 11.8 Å². The van der Waals surface area contributed by atoms with E-state index < -0.39 is 30.2 Å². The second kappa shape index (κ2) is 8.67. The van der Waals surface area contributed by atoms with Crippen LogP contribution in [0, 0.1) is 23.5 Å². The molecule has 0 aliphatic carbocycles. The molecule has 2 aromatic heterocycles. The largest absolute Gasteiger partial charge is 0.366 e. The summed E-state index contributed by atoms with van der Waals surface area (Å²) in [6, 6.07) is 7.63. The van der Waals surface area contributed by atoms with Crippen LogP contribution in [0.3, 0.4) is 0 Å². The Morgan fingerprint density at radius 1 is 1.12 bits per heavy atom. The second-order valence-electron chi connectivity index (χ2n) is 7.76. The summed E-state index contributed by atoms with van der Waals surface area (Å²) in [5, 5.41) is 7.92. The quantitative estimate of drug-likeness (QED) is 0.320. The third kappa shape index (κ3) is 4.73. The van der Waals surface area contributed by atoms with Crippen LogP contribution >= 0.6 is 0 Å². The first-order valence-corrected chi connectivity index (χ1v) is 9.90. The van der Waals surface area contributed by atoms with Crippen LogP contribution in [-0.2, 0) is 4.74 Å². The van der Waals surface area contributed by atoms with Gasteiger partial charge in [-0.3, -0.25) is 4.40 Å². The van der Waals surface area contributed by atoms with E-state index in [1.807, 2.05) is 0 Å². The van der Waals surface area contributed by atoms with Crippen LogP contribution in [0.1, 0.15) is 19.4 Å². The lowest BCUT2D eigenvalue weighted by Gasteiger charge is -2.25. The zero-order valence-corrected chi connectivity index (χ0v) is 18.0. The molecule has 0 aliphatic heterocycles. The van der Waals surface area contributed by atoms with Crippen LogP contribution in [0.2, 0.25) is 0 Å². The van der Waals surface area contributed by atoms with Gasteiger partial charge in [0.05, 0.1) is 12.1 Å². The number of aromatic nitrogens is 4. The van der Waals surface area contributed by atoms with Gasteiger partial charge < -0.3 is 9.64 Å². The van der Waals surface area contributed by atoms with Gasteiger partial charge in [0.25, 0.3) is 12.2 Å². The molecule has 0 atom stereocenters. The Labute approximate surface area is 186 Å². The van der Waals surface area contributed by atoms with E-state index in [2.05, 4.69) is 27.0 Å². The maximum absolute atomic E-state index is 14.5. The summed E-state index contributed by atoms with van der Waals surface area (Å²) in [5.74, 6) is 4.54. The van der Waals surface area contributed by atoms with E-state index in [9.17, 15) is 17.6 Å². The van der Waals surface area contributed by atoms with Crippen molar-refractivity contribution in [3.05, 3.63) is 59.9 Å². The van der Waals surface area contributed by atoms with E-state index >= 15 is 0 Å². The summed E-state index contributed by atoms with van der Waals surface area (Å²) in [6.45, 7) is 2.66. The zero-order chi connectivity index (χ0) is 23.8. The van der Waals surface area contributed by atoms with Gasteiger partial charge in [-0.05, 0) is 50.2 Å². The lowest BCUT2D eigenvalue weighted by Crippen LogP contribution is -2.25. The molecule has 0 fully saturated rings. The first-order valence-electron chi connectivity index (χ1n) is 9.90. The van der Waals surface area contributed by atoms with E-state index in [0.717, 1.165) is 11.0 Å². The van der Waals surface area contributed by atoms with Gasteiger partial charge in [0.15, 0.2) is 0 Å². The second-order valence-corrected chi connectivity index (χ2v) is 7.76. The van der Waals surface area contributed by atoms with E-state index in [4.69, 9.17) is 4.74 Å². The summed E-state index contributed by atoms with van der Waals surface area (Å²) >= 11 is 0. The van der Waals surface area contributed by atoms with E-state index in [1.165, 1.54) is 48.2 Å². The van der Waals surface area contributed by atoms with Gasteiger partial charge in [-0.25, -0.2) is 17.6 Å². The van der Waals surface area contributed by atoms with Crippen molar-refractivity contribution in [1.29, 1.82) is 0 Å². The number of alkyl halides is 2. The molecule has 4 aromatic rings. The Hall–Kier alpha value is -3.71. The van der Waals surface area contributed by atoms with Crippen molar-refractivity contribution in [3.63, 3.8) is 0 Å². The molecule has 0 bridgehead atoms. The van der Waals surface area contributed by atoms with E-state index in [1.54, 1.807) is 13.8 Å². The van der Waals surface area contributed by atoms with Crippen molar-refractivity contribution in [1.82, 2.24) is 19.6 Å². The van der Waals surface area contributed by atoms with Crippen molar-refractivity contribution in [2.75, 3.05) is 18.6 Å². The zero-order valence-electron chi connectivity index (χ0n) is 18.0. The van der Waals surface area contributed by atoms with Crippen LogP contribution in [-0.4, -0.2) is 45.3 Å². The molecule has 33 heavy (non-hydrogen) atoms. The predicted octanol–water partition coefficient (Wildman–Crippen LogP) is 4.74. The minimum absolute atomic E-state index is 0.00738. The SMILES string of the molecule is COC(C)(C)C#Cc1cc(F)cc(N(CC(F)F)c2nc3nncn3c3ccc(F)cc23)c1. The Morgan fingerprint density at radius 2 is 1.91 bits per heavy atom. The molecule has 10 heteroatoms. The van der Waals surface area contributed by atoms with Crippen LogP contribution in [0.4, 0.5) is 29.1 Å². The van der Waals surface area contributed by atoms with E-state index in [0.29, 0.717) is 5.52 Å². The predicted molar refractivity (Wildman–Crippen MR) is 116 cm³/mol. The third-order valence-electron chi connectivity index (χ3n) is 4.98. The first-order chi connectivity index (χ1) is 15.7. The number of rotatable bonds is 5. The molecule has 170 valence electrons. The molecule has 2 heterocycles. The van der Waals surface area contributed by atoms with Crippen LogP contribution in [0.15, 0.2) is 42.7 Å². The first kappa shape index (κ1) is 22.5. The molecule has 0 N–H and O–H groups in total. The third-order valence-corrected chi connectivity index (χ3v) is 4.98. The minimum atomic E-state index is -2.80. The van der Waals surface area contributed by atoms with Crippen LogP contribution in [0.5, 0.6) is 0 Å². The highest BCUT2D eigenvalue weighted by Crippen LogP contribution is 2.33. The molecule has 4 rings (SSSR count). The summed E-state index contributed by atoms with van der Waals surface area (Å²) in [5.41, 5.74) is 0.00692. The maximum atomic E-state index is 14.5. The van der Waals surface area contributed by atoms with Gasteiger partial charge in [0.1, 0.15) is 29.4 Å². The Bertz CT molecular complexity index is 1390. The van der Waals surface area contributed by atoms with E-state index in [-0.39, 0.29) is 28.2 Å². The normalized spacial score (nSPS) is 11.8. The molecule has 2 aromatic carbocycles. The monoisotopic (exact) mass is 457 g/mol. The van der Waals surface area contributed by atoms with Gasteiger partial charge in [-0.15, -0.1) is 10.2 Å². The van der Waals surface area contributed by atoms with Crippen molar-refractivity contribution in [2.24, 2.45) is 0 Å². The fourth-order valence-corrected chi connectivity index (χ4v) is 3.26. The summed E-state index contributed by atoms with van der Waals surface area (Å²) in [7, 11) is 1.49. The van der Waals surface area contributed by atoms with Crippen LogP contribution < -0.4 is 4.90 Å². The molecule has 0 saturated carbocycles. The molecule has 0 amide bonds. The fourth-order valence-electron chi connectivity index (χ4n) is 3.26. The molecule has 0 unspecified atom stereocenters. The Balaban J connectivity index is 1.93.